The average molecular weight is 478 g/mol. The van der Waals surface area contributed by atoms with Crippen LogP contribution in [0.25, 0.3) is 0 Å². The number of pyridine rings is 1. The Morgan fingerprint density at radius 3 is 2.68 bits per heavy atom. The Bertz CT molecular complexity index is 647. The first kappa shape index (κ1) is 18.9. The molecule has 1 aromatic heterocycles. The summed E-state index contributed by atoms with van der Waals surface area (Å²) >= 11 is 5.46. The van der Waals surface area contributed by atoms with Gasteiger partial charge in [0.05, 0.1) is 18.3 Å². The molecule has 7 heteroatoms. The summed E-state index contributed by atoms with van der Waals surface area (Å²) in [4.78, 5) is 18.2. The predicted octanol–water partition coefficient (Wildman–Crippen LogP) is 4.58. The number of nitriles is 1. The number of anilines is 1. The van der Waals surface area contributed by atoms with Crippen LogP contribution in [0.4, 0.5) is 10.5 Å². The third-order valence-corrected chi connectivity index (χ3v) is 4.18. The number of rotatable bonds is 3. The van der Waals surface area contributed by atoms with Gasteiger partial charge in [-0.15, -0.1) is 0 Å². The van der Waals surface area contributed by atoms with Gasteiger partial charge in [0, 0.05) is 16.2 Å². The van der Waals surface area contributed by atoms with Crippen LogP contribution in [-0.2, 0) is 4.74 Å². The summed E-state index contributed by atoms with van der Waals surface area (Å²) in [6, 6.07) is 1.96. The minimum Gasteiger partial charge on any atom is -0.443 e. The number of hydrogen-bond donors (Lipinski definition) is 0. The molecule has 0 aliphatic heterocycles. The van der Waals surface area contributed by atoms with Gasteiger partial charge in [0.2, 0.25) is 0 Å². The molecule has 0 atom stereocenters. The molecule has 0 fully saturated rings. The number of amides is 1. The van der Waals surface area contributed by atoms with Crippen LogP contribution in [0, 0.1) is 22.0 Å². The van der Waals surface area contributed by atoms with Crippen molar-refractivity contribution < 1.29 is 9.53 Å². The Morgan fingerprint density at radius 1 is 1.59 bits per heavy atom. The summed E-state index contributed by atoms with van der Waals surface area (Å²) in [5.74, 6) is 0. The van der Waals surface area contributed by atoms with E-state index in [1.807, 2.05) is 13.0 Å². The molecule has 0 saturated carbocycles. The third kappa shape index (κ3) is 4.95. The predicted molar refractivity (Wildman–Crippen MR) is 97.7 cm³/mol. The number of hydrogen-bond acceptors (Lipinski definition) is 4. The maximum atomic E-state index is 12.5. The minimum atomic E-state index is -0.637. The highest BCUT2D eigenvalue weighted by atomic mass is 127. The van der Waals surface area contributed by atoms with Gasteiger partial charge < -0.3 is 4.74 Å². The van der Waals surface area contributed by atoms with Gasteiger partial charge >= 0.3 is 6.09 Å². The fourth-order valence-electron chi connectivity index (χ4n) is 1.63. The molecule has 118 valence electrons. The topological polar surface area (TPSA) is 66.2 Å². The number of carbonyl (C=O) groups excluding carboxylic acids is 1. The molecule has 1 aromatic rings. The van der Waals surface area contributed by atoms with Gasteiger partial charge in [-0.05, 0) is 71.8 Å². The molecule has 5 nitrogen and oxygen atoms in total. The number of ether oxygens (including phenoxy) is 1. The molecular weight excluding hydrogens is 461 g/mol. The van der Waals surface area contributed by atoms with E-state index in [0.717, 1.165) is 10.0 Å². The zero-order chi connectivity index (χ0) is 17.1. The van der Waals surface area contributed by atoms with Crippen molar-refractivity contribution in [1.82, 2.24) is 4.98 Å². The van der Waals surface area contributed by atoms with Crippen molar-refractivity contribution in [3.05, 3.63) is 32.1 Å². The SMILES string of the molecule is C=C(C#N)CN(C(=O)OC(C)(C)C)c1c(I)ncc(Br)c1C. The summed E-state index contributed by atoms with van der Waals surface area (Å²) < 4.78 is 6.86. The van der Waals surface area contributed by atoms with Crippen LogP contribution >= 0.6 is 38.5 Å². The third-order valence-electron chi connectivity index (χ3n) is 2.59. The van der Waals surface area contributed by atoms with E-state index >= 15 is 0 Å². The molecule has 0 N–H and O–H groups in total. The molecule has 0 aliphatic rings. The maximum absolute atomic E-state index is 12.5. The molecule has 0 bridgehead atoms. The molecule has 0 saturated heterocycles. The maximum Gasteiger partial charge on any atom is 0.415 e. The van der Waals surface area contributed by atoms with Crippen molar-refractivity contribution in [3.8, 4) is 6.07 Å². The fraction of sp³-hybridized carbons (Fsp3) is 0.400. The second kappa shape index (κ2) is 7.42. The largest absolute Gasteiger partial charge is 0.443 e. The lowest BCUT2D eigenvalue weighted by Crippen LogP contribution is -2.39. The Morgan fingerprint density at radius 2 is 2.18 bits per heavy atom. The minimum absolute atomic E-state index is 0.0559. The summed E-state index contributed by atoms with van der Waals surface area (Å²) in [7, 11) is 0. The highest BCUT2D eigenvalue weighted by Gasteiger charge is 2.27. The van der Waals surface area contributed by atoms with E-state index in [9.17, 15) is 4.79 Å². The summed E-state index contributed by atoms with van der Waals surface area (Å²) in [6.07, 6.45) is 1.14. The van der Waals surface area contributed by atoms with E-state index in [0.29, 0.717) is 9.39 Å². The van der Waals surface area contributed by atoms with Crippen LogP contribution in [0.2, 0.25) is 0 Å². The van der Waals surface area contributed by atoms with Gasteiger partial charge in [0.25, 0.3) is 0 Å². The lowest BCUT2D eigenvalue weighted by molar-refractivity contribution is 0.0583. The van der Waals surface area contributed by atoms with Crippen LogP contribution in [-0.4, -0.2) is 23.2 Å². The average Bonchev–Trinajstić information content (AvgIpc) is 2.40. The van der Waals surface area contributed by atoms with E-state index < -0.39 is 11.7 Å². The standard InChI is InChI=1S/C15H17BrIN3O2/c1-9(6-18)8-20(14(21)22-15(3,4)5)12-10(2)11(16)7-19-13(12)17/h7H,1,8H2,2-5H3. The van der Waals surface area contributed by atoms with E-state index in [1.54, 1.807) is 27.0 Å². The lowest BCUT2D eigenvalue weighted by Gasteiger charge is -2.28. The Hall–Kier alpha value is -1.14. The van der Waals surface area contributed by atoms with Gasteiger partial charge in [-0.1, -0.05) is 6.58 Å². The van der Waals surface area contributed by atoms with Crippen LogP contribution in [0.3, 0.4) is 0 Å². The molecule has 0 aromatic carbocycles. The molecule has 1 rings (SSSR count). The first-order chi connectivity index (χ1) is 10.1. The number of halogens is 2. The van der Waals surface area contributed by atoms with E-state index in [1.165, 1.54) is 4.90 Å². The van der Waals surface area contributed by atoms with Crippen molar-refractivity contribution >= 4 is 50.3 Å². The molecular formula is C15H17BrIN3O2. The molecule has 1 amide bonds. The van der Waals surface area contributed by atoms with Gasteiger partial charge in [-0.2, -0.15) is 5.26 Å². The molecule has 22 heavy (non-hydrogen) atoms. The normalized spacial score (nSPS) is 10.8. The Balaban J connectivity index is 3.34. The van der Waals surface area contributed by atoms with Crippen LogP contribution in [0.1, 0.15) is 26.3 Å². The second-order valence-electron chi connectivity index (χ2n) is 5.65. The van der Waals surface area contributed by atoms with E-state index in [-0.39, 0.29) is 12.1 Å². The Kier molecular flexibility index (Phi) is 6.38. The monoisotopic (exact) mass is 477 g/mol. The zero-order valence-electron chi connectivity index (χ0n) is 12.9. The Labute approximate surface area is 152 Å². The van der Waals surface area contributed by atoms with Gasteiger partial charge in [-0.3, -0.25) is 4.90 Å². The highest BCUT2D eigenvalue weighted by Crippen LogP contribution is 2.31. The van der Waals surface area contributed by atoms with Gasteiger partial charge in [0.15, 0.2) is 0 Å². The fourth-order valence-corrected chi connectivity index (χ4v) is 2.76. The smallest absolute Gasteiger partial charge is 0.415 e. The van der Waals surface area contributed by atoms with Crippen LogP contribution in [0.5, 0.6) is 0 Å². The number of nitrogens with zero attached hydrogens (tertiary/aromatic N) is 3. The van der Waals surface area contributed by atoms with Crippen molar-refractivity contribution in [2.45, 2.75) is 33.3 Å². The molecule has 0 aliphatic carbocycles. The van der Waals surface area contributed by atoms with Crippen molar-refractivity contribution in [1.29, 1.82) is 5.26 Å². The second-order valence-corrected chi connectivity index (χ2v) is 7.53. The zero-order valence-corrected chi connectivity index (χ0v) is 16.6. The van der Waals surface area contributed by atoms with Crippen LogP contribution in [0.15, 0.2) is 22.8 Å². The van der Waals surface area contributed by atoms with E-state index in [2.05, 4.69) is 50.1 Å². The van der Waals surface area contributed by atoms with Crippen molar-refractivity contribution in [3.63, 3.8) is 0 Å². The van der Waals surface area contributed by atoms with Crippen molar-refractivity contribution in [2.24, 2.45) is 0 Å². The quantitative estimate of drug-likeness (QED) is 0.363. The molecule has 0 unspecified atom stereocenters. The number of aromatic nitrogens is 1. The van der Waals surface area contributed by atoms with Gasteiger partial charge in [0.1, 0.15) is 9.30 Å². The first-order valence-corrected chi connectivity index (χ1v) is 8.33. The number of carbonyl (C=O) groups is 1. The lowest BCUT2D eigenvalue weighted by atomic mass is 10.2. The summed E-state index contributed by atoms with van der Waals surface area (Å²) in [5.41, 5.74) is 1.08. The molecule has 1 heterocycles. The van der Waals surface area contributed by atoms with Crippen molar-refractivity contribution in [2.75, 3.05) is 11.4 Å². The van der Waals surface area contributed by atoms with E-state index in [4.69, 9.17) is 10.00 Å². The van der Waals surface area contributed by atoms with Crippen LogP contribution < -0.4 is 4.90 Å². The summed E-state index contributed by atoms with van der Waals surface area (Å²) in [6.45, 7) is 11.0. The molecule has 0 spiro atoms. The van der Waals surface area contributed by atoms with Gasteiger partial charge in [-0.25, -0.2) is 9.78 Å². The first-order valence-electron chi connectivity index (χ1n) is 6.45. The summed E-state index contributed by atoms with van der Waals surface area (Å²) in [5, 5.41) is 8.98. The highest BCUT2D eigenvalue weighted by molar-refractivity contribution is 14.1. The molecule has 0 radical (unpaired) electrons.